The fraction of sp³-hybridized carbons (Fsp3) is 0.286. The maximum absolute atomic E-state index is 10.4. The lowest BCUT2D eigenvalue weighted by Gasteiger charge is -2.25. The molecule has 2 heteroatoms. The van der Waals surface area contributed by atoms with Gasteiger partial charge in [-0.1, -0.05) is 42.5 Å². The van der Waals surface area contributed by atoms with Gasteiger partial charge in [0, 0.05) is 6.54 Å². The van der Waals surface area contributed by atoms with Gasteiger partial charge in [-0.3, -0.25) is 0 Å². The highest BCUT2D eigenvalue weighted by Gasteiger charge is 2.23. The van der Waals surface area contributed by atoms with Crippen molar-refractivity contribution in [2.75, 3.05) is 13.6 Å². The molecule has 0 bridgehead atoms. The lowest BCUT2D eigenvalue weighted by Crippen LogP contribution is -2.33. The second-order valence-corrected chi connectivity index (χ2v) is 4.33. The summed E-state index contributed by atoms with van der Waals surface area (Å²) in [5, 5.41) is 15.7. The molecule has 0 aliphatic rings. The van der Waals surface area contributed by atoms with Crippen LogP contribution in [0.1, 0.15) is 12.5 Å². The molecule has 0 aliphatic carbocycles. The van der Waals surface area contributed by atoms with Crippen molar-refractivity contribution < 1.29 is 5.11 Å². The third kappa shape index (κ3) is 1.94. The summed E-state index contributed by atoms with van der Waals surface area (Å²) in [4.78, 5) is 0. The molecular weight excluding hydrogens is 198 g/mol. The number of nitrogens with one attached hydrogen (secondary N) is 1. The van der Waals surface area contributed by atoms with E-state index in [1.165, 1.54) is 0 Å². The van der Waals surface area contributed by atoms with Crippen LogP contribution in [0.2, 0.25) is 0 Å². The fourth-order valence-corrected chi connectivity index (χ4v) is 2.13. The highest BCUT2D eigenvalue weighted by Crippen LogP contribution is 2.27. The maximum atomic E-state index is 10.4. The molecule has 2 N–H and O–H groups in total. The van der Waals surface area contributed by atoms with E-state index in [-0.39, 0.29) is 0 Å². The zero-order valence-electron chi connectivity index (χ0n) is 9.70. The molecule has 0 aliphatic heterocycles. The molecule has 2 rings (SSSR count). The first-order valence-corrected chi connectivity index (χ1v) is 5.50. The van der Waals surface area contributed by atoms with Crippen LogP contribution in [-0.2, 0) is 5.60 Å². The van der Waals surface area contributed by atoms with Crippen molar-refractivity contribution in [3.63, 3.8) is 0 Å². The van der Waals surface area contributed by atoms with E-state index in [4.69, 9.17) is 0 Å². The van der Waals surface area contributed by atoms with Gasteiger partial charge in [0.25, 0.3) is 0 Å². The van der Waals surface area contributed by atoms with Crippen LogP contribution < -0.4 is 5.32 Å². The summed E-state index contributed by atoms with van der Waals surface area (Å²) in [6.45, 7) is 2.38. The van der Waals surface area contributed by atoms with E-state index in [1.54, 1.807) is 0 Å². The van der Waals surface area contributed by atoms with E-state index in [9.17, 15) is 5.11 Å². The Hall–Kier alpha value is -1.38. The molecule has 16 heavy (non-hydrogen) atoms. The van der Waals surface area contributed by atoms with Crippen LogP contribution >= 0.6 is 0 Å². The average Bonchev–Trinajstić information content (AvgIpc) is 2.28. The number of aliphatic hydroxyl groups is 1. The normalized spacial score (nSPS) is 14.9. The summed E-state index contributed by atoms with van der Waals surface area (Å²) in [5.41, 5.74) is 0.134. The molecule has 0 heterocycles. The van der Waals surface area contributed by atoms with Gasteiger partial charge in [0.2, 0.25) is 0 Å². The Labute approximate surface area is 95.9 Å². The highest BCUT2D eigenvalue weighted by atomic mass is 16.3. The smallest absolute Gasteiger partial charge is 0.0998 e. The van der Waals surface area contributed by atoms with Gasteiger partial charge in [-0.15, -0.1) is 0 Å². The van der Waals surface area contributed by atoms with Gasteiger partial charge in [-0.05, 0) is 30.3 Å². The van der Waals surface area contributed by atoms with Gasteiger partial charge in [0.15, 0.2) is 0 Å². The lowest BCUT2D eigenvalue weighted by atomic mass is 9.91. The molecule has 0 aromatic heterocycles. The minimum absolute atomic E-state index is 0.543. The Morgan fingerprint density at radius 2 is 1.81 bits per heavy atom. The van der Waals surface area contributed by atoms with Crippen molar-refractivity contribution in [3.05, 3.63) is 48.0 Å². The predicted octanol–water partition coefficient (Wildman–Crippen LogP) is 2.27. The molecule has 0 saturated carbocycles. The summed E-state index contributed by atoms with van der Waals surface area (Å²) in [5.74, 6) is 0. The number of hydrogen-bond donors (Lipinski definition) is 2. The zero-order valence-corrected chi connectivity index (χ0v) is 9.70. The molecule has 84 valence electrons. The minimum Gasteiger partial charge on any atom is -0.384 e. The van der Waals surface area contributed by atoms with Crippen molar-refractivity contribution >= 4 is 10.8 Å². The van der Waals surface area contributed by atoms with Crippen molar-refractivity contribution in [2.24, 2.45) is 0 Å². The second kappa shape index (κ2) is 4.24. The van der Waals surface area contributed by atoms with Crippen molar-refractivity contribution in [2.45, 2.75) is 12.5 Å². The Bertz CT molecular complexity index is 486. The van der Waals surface area contributed by atoms with Crippen LogP contribution in [-0.4, -0.2) is 18.7 Å². The summed E-state index contributed by atoms with van der Waals surface area (Å²) in [6.07, 6.45) is 0. The van der Waals surface area contributed by atoms with E-state index >= 15 is 0 Å². The molecule has 0 fully saturated rings. The second-order valence-electron chi connectivity index (χ2n) is 4.33. The Kier molecular flexibility index (Phi) is 2.95. The fourth-order valence-electron chi connectivity index (χ4n) is 2.13. The van der Waals surface area contributed by atoms with Crippen LogP contribution in [0.15, 0.2) is 42.5 Å². The number of likely N-dealkylation sites (N-methyl/N-ethyl adjacent to an activating group) is 1. The predicted molar refractivity (Wildman–Crippen MR) is 67.4 cm³/mol. The number of benzene rings is 2. The number of rotatable bonds is 3. The van der Waals surface area contributed by atoms with Crippen molar-refractivity contribution in [1.29, 1.82) is 0 Å². The molecule has 1 atom stereocenters. The van der Waals surface area contributed by atoms with Gasteiger partial charge in [0.1, 0.15) is 0 Å². The largest absolute Gasteiger partial charge is 0.384 e. The Morgan fingerprint density at radius 1 is 1.12 bits per heavy atom. The van der Waals surface area contributed by atoms with Crippen LogP contribution in [0.3, 0.4) is 0 Å². The Morgan fingerprint density at radius 3 is 2.56 bits per heavy atom. The summed E-state index contributed by atoms with van der Waals surface area (Å²) >= 11 is 0. The van der Waals surface area contributed by atoms with Crippen molar-refractivity contribution in [1.82, 2.24) is 5.32 Å². The Balaban J connectivity index is 2.60. The van der Waals surface area contributed by atoms with E-state index < -0.39 is 5.60 Å². The van der Waals surface area contributed by atoms with Crippen LogP contribution in [0.25, 0.3) is 10.8 Å². The summed E-state index contributed by atoms with van der Waals surface area (Å²) in [7, 11) is 1.85. The topological polar surface area (TPSA) is 32.3 Å². The van der Waals surface area contributed by atoms with E-state index in [2.05, 4.69) is 23.5 Å². The van der Waals surface area contributed by atoms with Gasteiger partial charge < -0.3 is 10.4 Å². The molecule has 0 saturated heterocycles. The maximum Gasteiger partial charge on any atom is 0.0998 e. The van der Waals surface area contributed by atoms with Gasteiger partial charge in [-0.25, -0.2) is 0 Å². The van der Waals surface area contributed by atoms with Crippen LogP contribution in [0.5, 0.6) is 0 Å². The van der Waals surface area contributed by atoms with Crippen LogP contribution in [0, 0.1) is 0 Å². The quantitative estimate of drug-likeness (QED) is 0.823. The third-order valence-corrected chi connectivity index (χ3v) is 2.89. The van der Waals surface area contributed by atoms with Crippen molar-refractivity contribution in [3.8, 4) is 0 Å². The first kappa shape index (κ1) is 11.1. The molecule has 0 amide bonds. The average molecular weight is 215 g/mol. The first-order chi connectivity index (χ1) is 7.65. The third-order valence-electron chi connectivity index (χ3n) is 2.89. The van der Waals surface area contributed by atoms with Gasteiger partial charge in [0.05, 0.1) is 5.60 Å². The van der Waals surface area contributed by atoms with E-state index in [0.717, 1.165) is 16.3 Å². The van der Waals surface area contributed by atoms with E-state index in [1.807, 2.05) is 38.2 Å². The summed E-state index contributed by atoms with van der Waals surface area (Å²) in [6, 6.07) is 14.2. The molecule has 0 radical (unpaired) electrons. The highest BCUT2D eigenvalue weighted by molar-refractivity contribution is 5.86. The monoisotopic (exact) mass is 215 g/mol. The molecule has 2 aromatic rings. The van der Waals surface area contributed by atoms with Gasteiger partial charge >= 0.3 is 0 Å². The molecule has 0 spiro atoms. The van der Waals surface area contributed by atoms with Crippen LogP contribution in [0.4, 0.5) is 0 Å². The molecule has 2 aromatic carbocycles. The molecule has 2 nitrogen and oxygen atoms in total. The van der Waals surface area contributed by atoms with Gasteiger partial charge in [-0.2, -0.15) is 0 Å². The molecular formula is C14H17NO. The summed E-state index contributed by atoms with van der Waals surface area (Å²) < 4.78 is 0. The molecule has 1 unspecified atom stereocenters. The standard InChI is InChI=1S/C14H17NO/c1-14(16,10-15-2)13-9-5-7-11-6-3-4-8-12(11)13/h3-9,15-16H,10H2,1-2H3. The van der Waals surface area contributed by atoms with E-state index in [0.29, 0.717) is 6.54 Å². The minimum atomic E-state index is -0.838. The SMILES string of the molecule is CNCC(C)(O)c1cccc2ccccc12. The number of fused-ring (bicyclic) bond motifs is 1. The zero-order chi connectivity index (χ0) is 11.6. The lowest BCUT2D eigenvalue weighted by molar-refractivity contribution is 0.0607. The first-order valence-electron chi connectivity index (χ1n) is 5.50. The number of hydrogen-bond acceptors (Lipinski definition) is 2.